The summed E-state index contributed by atoms with van der Waals surface area (Å²) in [4.78, 5) is 0. The van der Waals surface area contributed by atoms with E-state index in [1.54, 1.807) is 25.8 Å². The van der Waals surface area contributed by atoms with Crippen molar-refractivity contribution < 1.29 is 9.15 Å². The van der Waals surface area contributed by atoms with Gasteiger partial charge in [-0.25, -0.2) is 0 Å². The van der Waals surface area contributed by atoms with Crippen molar-refractivity contribution in [3.63, 3.8) is 0 Å². The molecular weight excluding hydrogens is 240 g/mol. The maximum absolute atomic E-state index is 4.75. The van der Waals surface area contributed by atoms with E-state index in [-0.39, 0.29) is 0 Å². The summed E-state index contributed by atoms with van der Waals surface area (Å²) in [7, 11) is 1.70. The van der Waals surface area contributed by atoms with Crippen LogP contribution in [0.25, 0.3) is 0 Å². The molecule has 4 nitrogen and oxygen atoms in total. The van der Waals surface area contributed by atoms with Crippen LogP contribution in [0.3, 0.4) is 0 Å². The quantitative estimate of drug-likeness (QED) is 0.723. The van der Waals surface area contributed by atoms with Gasteiger partial charge >= 0.3 is 0 Å². The second kappa shape index (κ2) is 16.6. The topological polar surface area (TPSA) is 47.1 Å². The van der Waals surface area contributed by atoms with E-state index in [4.69, 9.17) is 4.74 Å². The van der Waals surface area contributed by atoms with E-state index in [9.17, 15) is 0 Å². The molecule has 0 saturated heterocycles. The van der Waals surface area contributed by atoms with Crippen LogP contribution >= 0.6 is 0 Å². The highest BCUT2D eigenvalue weighted by molar-refractivity contribution is 4.84. The van der Waals surface area contributed by atoms with Crippen molar-refractivity contribution >= 4 is 0 Å². The Kier molecular flexibility index (Phi) is 17.4. The minimum atomic E-state index is 0.384. The molecule has 0 N–H and O–H groups in total. The largest absolute Gasteiger partial charge is 0.473 e. The maximum atomic E-state index is 4.75. The molecule has 0 aliphatic carbocycles. The van der Waals surface area contributed by atoms with Crippen LogP contribution in [0.15, 0.2) is 51.6 Å². The van der Waals surface area contributed by atoms with Crippen molar-refractivity contribution in [2.45, 2.75) is 40.7 Å². The lowest BCUT2D eigenvalue weighted by Gasteiger charge is -1.94. The maximum Gasteiger partial charge on any atom is 0.0902 e. The number of nitrogens with zero attached hydrogens (tertiary/aromatic N) is 2. The third-order valence-corrected chi connectivity index (χ3v) is 1.34. The van der Waals surface area contributed by atoms with Gasteiger partial charge in [0.2, 0.25) is 0 Å². The number of methoxy groups -OCH3 is 1. The Morgan fingerprint density at radius 3 is 1.63 bits per heavy atom. The molecule has 0 spiro atoms. The Bertz CT molecular complexity index is 261. The second-order valence-electron chi connectivity index (χ2n) is 4.63. The summed E-state index contributed by atoms with van der Waals surface area (Å²) in [6, 6.07) is 3.67. The first-order valence-corrected chi connectivity index (χ1v) is 6.52. The van der Waals surface area contributed by atoms with Crippen LogP contribution in [0.5, 0.6) is 0 Å². The highest BCUT2D eigenvalue weighted by Crippen LogP contribution is 1.86. The number of ether oxygens (including phenoxy) is 1. The molecule has 1 aromatic heterocycles. The van der Waals surface area contributed by atoms with Crippen molar-refractivity contribution in [2.24, 2.45) is 16.1 Å². The van der Waals surface area contributed by atoms with Crippen molar-refractivity contribution in [1.29, 1.82) is 0 Å². The number of hydrogen-bond acceptors (Lipinski definition) is 4. The van der Waals surface area contributed by atoms with Gasteiger partial charge in [-0.2, -0.15) is 10.2 Å². The van der Waals surface area contributed by atoms with E-state index in [0.29, 0.717) is 6.10 Å². The van der Waals surface area contributed by atoms with Crippen LogP contribution in [-0.4, -0.2) is 19.8 Å². The zero-order chi connectivity index (χ0) is 14.9. The van der Waals surface area contributed by atoms with Crippen LogP contribution in [0.2, 0.25) is 0 Å². The molecule has 0 bridgehead atoms. The first-order valence-electron chi connectivity index (χ1n) is 6.52. The van der Waals surface area contributed by atoms with Crippen LogP contribution in [0.1, 0.15) is 34.6 Å². The molecule has 2 heterocycles. The predicted molar refractivity (Wildman–Crippen MR) is 80.2 cm³/mol. The van der Waals surface area contributed by atoms with Gasteiger partial charge in [0.05, 0.1) is 25.2 Å². The molecule has 1 aromatic rings. The minimum absolute atomic E-state index is 0.384. The Hall–Kier alpha value is -1.42. The number of azo groups is 1. The van der Waals surface area contributed by atoms with Crippen LogP contribution in [0.4, 0.5) is 0 Å². The molecular formula is C15H28N2O2. The first-order chi connectivity index (χ1) is 9.00. The molecule has 4 heteroatoms. The molecule has 1 aliphatic heterocycles. The molecule has 19 heavy (non-hydrogen) atoms. The highest BCUT2D eigenvalue weighted by Gasteiger charge is 1.78. The van der Waals surface area contributed by atoms with Gasteiger partial charge in [-0.15, -0.1) is 0 Å². The van der Waals surface area contributed by atoms with Gasteiger partial charge in [0, 0.05) is 13.3 Å². The lowest BCUT2D eigenvalue weighted by molar-refractivity contribution is 0.134. The fourth-order valence-corrected chi connectivity index (χ4v) is 0.463. The summed E-state index contributed by atoms with van der Waals surface area (Å²) in [5.41, 5.74) is 0. The van der Waals surface area contributed by atoms with Gasteiger partial charge in [0.15, 0.2) is 0 Å². The van der Waals surface area contributed by atoms with Gasteiger partial charge in [0.25, 0.3) is 0 Å². The summed E-state index contributed by atoms with van der Waals surface area (Å²) in [6.45, 7) is 11.3. The van der Waals surface area contributed by atoms with Crippen molar-refractivity contribution in [1.82, 2.24) is 0 Å². The Morgan fingerprint density at radius 1 is 1.05 bits per heavy atom. The molecule has 2 rings (SSSR count). The molecule has 0 fully saturated rings. The van der Waals surface area contributed by atoms with Gasteiger partial charge in [-0.1, -0.05) is 20.8 Å². The van der Waals surface area contributed by atoms with E-state index < -0.39 is 0 Å². The number of furan rings is 1. The summed E-state index contributed by atoms with van der Waals surface area (Å²) in [5.74, 6) is 0.833. The predicted octanol–water partition coefficient (Wildman–Crippen LogP) is 4.95. The molecule has 0 aromatic carbocycles. The third kappa shape index (κ3) is 31.5. The molecule has 1 aliphatic rings. The van der Waals surface area contributed by atoms with Gasteiger partial charge < -0.3 is 9.15 Å². The molecule has 0 radical (unpaired) electrons. The minimum Gasteiger partial charge on any atom is -0.473 e. The first kappa shape index (κ1) is 19.9. The Balaban J connectivity index is 0. The van der Waals surface area contributed by atoms with Crippen LogP contribution in [0, 0.1) is 5.92 Å². The smallest absolute Gasteiger partial charge is 0.0902 e. The number of rotatable bonds is 1. The van der Waals surface area contributed by atoms with Crippen molar-refractivity contribution in [3.05, 3.63) is 36.9 Å². The van der Waals surface area contributed by atoms with E-state index in [0.717, 1.165) is 12.5 Å². The van der Waals surface area contributed by atoms with Crippen LogP contribution < -0.4 is 0 Å². The lowest BCUT2D eigenvalue weighted by atomic mass is 10.3. The van der Waals surface area contributed by atoms with Gasteiger partial charge in [-0.05, 0) is 38.0 Å². The standard InChI is InChI=1S/C4H4O.C4H10O.C4H10.C3H4N2/c1-2-4-5-3-1;1-4(2)5-3;1-4(2)3;1-2-4-5-3-1/h1-4H;4H,1-3H3;4H,1-3H3;1-2H,3H2. The summed E-state index contributed by atoms with van der Waals surface area (Å²) in [6.07, 6.45) is 7.23. The van der Waals surface area contributed by atoms with Gasteiger partial charge in [0.1, 0.15) is 0 Å². The van der Waals surface area contributed by atoms with Crippen molar-refractivity contribution in [3.8, 4) is 0 Å². The second-order valence-corrected chi connectivity index (χ2v) is 4.63. The lowest BCUT2D eigenvalue weighted by Crippen LogP contribution is -1.94. The average Bonchev–Trinajstić information content (AvgIpc) is 3.06. The zero-order valence-electron chi connectivity index (χ0n) is 13.0. The Morgan fingerprint density at radius 2 is 1.53 bits per heavy atom. The SMILES string of the molecule is C1=CN=NC1.CC(C)C.COC(C)C.c1ccoc1. The Labute approximate surface area is 117 Å². The summed E-state index contributed by atoms with van der Waals surface area (Å²) >= 11 is 0. The fraction of sp³-hybridized carbons (Fsp3) is 0.600. The van der Waals surface area contributed by atoms with E-state index in [1.807, 2.05) is 32.1 Å². The highest BCUT2D eigenvalue weighted by atomic mass is 16.5. The van der Waals surface area contributed by atoms with E-state index in [2.05, 4.69) is 35.4 Å². The molecule has 0 atom stereocenters. The van der Waals surface area contributed by atoms with Gasteiger partial charge in [-0.3, -0.25) is 0 Å². The van der Waals surface area contributed by atoms with Crippen LogP contribution in [-0.2, 0) is 4.74 Å². The summed E-state index contributed by atoms with van der Waals surface area (Å²) in [5, 5.41) is 7.12. The monoisotopic (exact) mass is 268 g/mol. The normalized spacial score (nSPS) is 11.2. The zero-order valence-corrected chi connectivity index (χ0v) is 13.0. The van der Waals surface area contributed by atoms with Crippen molar-refractivity contribution in [2.75, 3.05) is 13.7 Å². The summed E-state index contributed by atoms with van der Waals surface area (Å²) < 4.78 is 9.33. The molecule has 0 unspecified atom stereocenters. The van der Waals surface area contributed by atoms with E-state index >= 15 is 0 Å². The average molecular weight is 268 g/mol. The molecule has 0 amide bonds. The fourth-order valence-electron chi connectivity index (χ4n) is 0.463. The number of hydrogen-bond donors (Lipinski definition) is 0. The van der Waals surface area contributed by atoms with E-state index in [1.165, 1.54) is 0 Å². The molecule has 110 valence electrons. The molecule has 0 saturated carbocycles. The third-order valence-electron chi connectivity index (χ3n) is 1.34.